The van der Waals surface area contributed by atoms with E-state index in [9.17, 15) is 4.39 Å². The molecule has 1 fully saturated rings. The molecule has 1 aromatic carbocycles. The molecule has 3 unspecified atom stereocenters. The Morgan fingerprint density at radius 2 is 2.05 bits per heavy atom. The maximum Gasteiger partial charge on any atom is 0.123 e. The standard InChI is InChI=1S/C18H27ClFN/c1-12(2)21-11-14-5-4-13(3)8-15(14)9-16-10-17(20)6-7-18(16)19/h6-7,10,12-15,21H,4-5,8-9,11H2,1-3H3. The first kappa shape index (κ1) is 16.8. The zero-order valence-electron chi connectivity index (χ0n) is 13.3. The molecule has 118 valence electrons. The van der Waals surface area contributed by atoms with Crippen molar-refractivity contribution >= 4 is 11.6 Å². The number of halogens is 2. The lowest BCUT2D eigenvalue weighted by Gasteiger charge is -2.36. The zero-order valence-corrected chi connectivity index (χ0v) is 14.1. The molecule has 0 spiro atoms. The van der Waals surface area contributed by atoms with Gasteiger partial charge in [-0.25, -0.2) is 4.39 Å². The number of benzene rings is 1. The topological polar surface area (TPSA) is 12.0 Å². The number of hydrogen-bond acceptors (Lipinski definition) is 1. The van der Waals surface area contributed by atoms with Crippen molar-refractivity contribution in [1.29, 1.82) is 0 Å². The molecule has 0 aromatic heterocycles. The Balaban J connectivity index is 2.07. The second kappa shape index (κ2) is 7.60. The molecule has 0 aliphatic heterocycles. The molecular formula is C18H27ClFN. The Hall–Kier alpha value is -0.600. The fourth-order valence-electron chi connectivity index (χ4n) is 3.45. The van der Waals surface area contributed by atoms with Crippen LogP contribution in [0.5, 0.6) is 0 Å². The SMILES string of the molecule is CC1CCC(CNC(C)C)C(Cc2cc(F)ccc2Cl)C1. The van der Waals surface area contributed by atoms with E-state index in [2.05, 4.69) is 26.1 Å². The zero-order chi connectivity index (χ0) is 15.4. The van der Waals surface area contributed by atoms with Crippen LogP contribution in [0, 0.1) is 23.6 Å². The Morgan fingerprint density at radius 1 is 1.29 bits per heavy atom. The van der Waals surface area contributed by atoms with Gasteiger partial charge in [0.25, 0.3) is 0 Å². The predicted octanol–water partition coefficient (Wildman–Crippen LogP) is 5.07. The van der Waals surface area contributed by atoms with Crippen LogP contribution in [0.2, 0.25) is 5.02 Å². The van der Waals surface area contributed by atoms with E-state index in [-0.39, 0.29) is 5.82 Å². The van der Waals surface area contributed by atoms with Gasteiger partial charge in [0.1, 0.15) is 5.82 Å². The minimum atomic E-state index is -0.185. The minimum absolute atomic E-state index is 0.185. The van der Waals surface area contributed by atoms with Gasteiger partial charge in [0.15, 0.2) is 0 Å². The molecule has 1 nitrogen and oxygen atoms in total. The summed E-state index contributed by atoms with van der Waals surface area (Å²) >= 11 is 6.24. The van der Waals surface area contributed by atoms with Crippen LogP contribution >= 0.6 is 11.6 Å². The van der Waals surface area contributed by atoms with Crippen molar-refractivity contribution in [2.75, 3.05) is 6.54 Å². The van der Waals surface area contributed by atoms with Gasteiger partial charge in [-0.1, -0.05) is 38.8 Å². The summed E-state index contributed by atoms with van der Waals surface area (Å²) in [7, 11) is 0. The fraction of sp³-hybridized carbons (Fsp3) is 0.667. The number of rotatable bonds is 5. The van der Waals surface area contributed by atoms with Gasteiger partial charge in [-0.3, -0.25) is 0 Å². The summed E-state index contributed by atoms with van der Waals surface area (Å²) in [5.41, 5.74) is 0.963. The summed E-state index contributed by atoms with van der Waals surface area (Å²) in [5, 5.41) is 4.26. The van der Waals surface area contributed by atoms with Gasteiger partial charge in [0, 0.05) is 11.1 Å². The summed E-state index contributed by atoms with van der Waals surface area (Å²) in [5.74, 6) is 1.84. The first-order valence-corrected chi connectivity index (χ1v) is 8.50. The third kappa shape index (κ3) is 4.96. The highest BCUT2D eigenvalue weighted by atomic mass is 35.5. The third-order valence-electron chi connectivity index (χ3n) is 4.68. The quantitative estimate of drug-likeness (QED) is 0.800. The number of nitrogens with one attached hydrogen (secondary N) is 1. The molecule has 21 heavy (non-hydrogen) atoms. The molecule has 2 rings (SSSR count). The van der Waals surface area contributed by atoms with Gasteiger partial charge in [0.2, 0.25) is 0 Å². The van der Waals surface area contributed by atoms with Gasteiger partial charge in [-0.05, 0) is 67.3 Å². The molecule has 0 saturated heterocycles. The van der Waals surface area contributed by atoms with E-state index >= 15 is 0 Å². The number of hydrogen-bond donors (Lipinski definition) is 1. The first-order chi connectivity index (χ1) is 9.95. The summed E-state index contributed by atoms with van der Waals surface area (Å²) in [6.07, 6.45) is 4.68. The second-order valence-electron chi connectivity index (χ2n) is 6.94. The van der Waals surface area contributed by atoms with Crippen molar-refractivity contribution in [1.82, 2.24) is 5.32 Å². The lowest BCUT2D eigenvalue weighted by molar-refractivity contribution is 0.181. The molecule has 3 atom stereocenters. The van der Waals surface area contributed by atoms with Crippen LogP contribution in [-0.4, -0.2) is 12.6 Å². The van der Waals surface area contributed by atoms with Crippen LogP contribution in [0.1, 0.15) is 45.6 Å². The first-order valence-electron chi connectivity index (χ1n) is 8.13. The van der Waals surface area contributed by atoms with E-state index in [0.717, 1.165) is 24.4 Å². The molecule has 0 radical (unpaired) electrons. The Morgan fingerprint density at radius 3 is 2.76 bits per heavy atom. The maximum atomic E-state index is 13.5. The molecule has 1 aromatic rings. The highest BCUT2D eigenvalue weighted by Crippen LogP contribution is 2.36. The monoisotopic (exact) mass is 311 g/mol. The molecule has 0 bridgehead atoms. The second-order valence-corrected chi connectivity index (χ2v) is 7.35. The van der Waals surface area contributed by atoms with Crippen LogP contribution in [0.15, 0.2) is 18.2 Å². The van der Waals surface area contributed by atoms with E-state index in [1.54, 1.807) is 12.1 Å². The van der Waals surface area contributed by atoms with Crippen molar-refractivity contribution < 1.29 is 4.39 Å². The predicted molar refractivity (Wildman–Crippen MR) is 88.2 cm³/mol. The van der Waals surface area contributed by atoms with Crippen LogP contribution < -0.4 is 5.32 Å². The van der Waals surface area contributed by atoms with E-state index in [1.807, 2.05) is 0 Å². The molecule has 1 aliphatic rings. The lowest BCUT2D eigenvalue weighted by Crippen LogP contribution is -2.36. The lowest BCUT2D eigenvalue weighted by atomic mass is 9.72. The Bertz CT molecular complexity index is 461. The van der Waals surface area contributed by atoms with E-state index in [1.165, 1.54) is 25.3 Å². The molecule has 3 heteroatoms. The van der Waals surface area contributed by atoms with Crippen molar-refractivity contribution in [3.05, 3.63) is 34.6 Å². The van der Waals surface area contributed by atoms with Gasteiger partial charge in [-0.15, -0.1) is 0 Å². The van der Waals surface area contributed by atoms with Gasteiger partial charge >= 0.3 is 0 Å². The van der Waals surface area contributed by atoms with Crippen molar-refractivity contribution in [2.45, 2.75) is 52.5 Å². The molecule has 0 heterocycles. The van der Waals surface area contributed by atoms with E-state index in [0.29, 0.717) is 22.9 Å². The van der Waals surface area contributed by atoms with Gasteiger partial charge < -0.3 is 5.32 Å². The average Bonchev–Trinajstić information content (AvgIpc) is 2.42. The normalized spacial score (nSPS) is 26.3. The Kier molecular flexibility index (Phi) is 6.07. The molecular weight excluding hydrogens is 285 g/mol. The molecule has 1 aliphatic carbocycles. The van der Waals surface area contributed by atoms with Gasteiger partial charge in [-0.2, -0.15) is 0 Å². The van der Waals surface area contributed by atoms with Crippen LogP contribution in [-0.2, 0) is 6.42 Å². The Labute approximate surface area is 133 Å². The van der Waals surface area contributed by atoms with Crippen molar-refractivity contribution in [2.24, 2.45) is 17.8 Å². The van der Waals surface area contributed by atoms with Crippen LogP contribution in [0.25, 0.3) is 0 Å². The largest absolute Gasteiger partial charge is 0.314 e. The van der Waals surface area contributed by atoms with Crippen molar-refractivity contribution in [3.8, 4) is 0 Å². The summed E-state index contributed by atoms with van der Waals surface area (Å²) < 4.78 is 13.5. The van der Waals surface area contributed by atoms with Crippen LogP contribution in [0.4, 0.5) is 4.39 Å². The van der Waals surface area contributed by atoms with E-state index in [4.69, 9.17) is 11.6 Å². The highest BCUT2D eigenvalue weighted by molar-refractivity contribution is 6.31. The molecule has 1 N–H and O–H groups in total. The van der Waals surface area contributed by atoms with Gasteiger partial charge in [0.05, 0.1) is 0 Å². The minimum Gasteiger partial charge on any atom is -0.314 e. The van der Waals surface area contributed by atoms with Crippen LogP contribution in [0.3, 0.4) is 0 Å². The fourth-order valence-corrected chi connectivity index (χ4v) is 3.64. The summed E-state index contributed by atoms with van der Waals surface area (Å²) in [6, 6.07) is 5.24. The van der Waals surface area contributed by atoms with Crippen molar-refractivity contribution in [3.63, 3.8) is 0 Å². The average molecular weight is 312 g/mol. The molecule has 0 amide bonds. The third-order valence-corrected chi connectivity index (χ3v) is 5.05. The highest BCUT2D eigenvalue weighted by Gasteiger charge is 2.29. The summed E-state index contributed by atoms with van der Waals surface area (Å²) in [6.45, 7) is 7.75. The van der Waals surface area contributed by atoms with E-state index < -0.39 is 0 Å². The molecule has 1 saturated carbocycles. The summed E-state index contributed by atoms with van der Waals surface area (Å²) in [4.78, 5) is 0. The maximum absolute atomic E-state index is 13.5. The smallest absolute Gasteiger partial charge is 0.123 e.